The number of aromatic amines is 1. The molecule has 0 unspecified atom stereocenters. The van der Waals surface area contributed by atoms with Crippen LogP contribution in [0.2, 0.25) is 0 Å². The van der Waals surface area contributed by atoms with Crippen LogP contribution in [0.4, 0.5) is 5.82 Å². The summed E-state index contributed by atoms with van der Waals surface area (Å²) < 4.78 is 5.02. The second-order valence-corrected chi connectivity index (χ2v) is 7.91. The third kappa shape index (κ3) is 3.57. The number of anilines is 1. The van der Waals surface area contributed by atoms with Crippen LogP contribution < -0.4 is 4.90 Å². The lowest BCUT2D eigenvalue weighted by Crippen LogP contribution is -2.49. The molecule has 5 rings (SSSR count). The first-order valence-corrected chi connectivity index (χ1v) is 10.5. The van der Waals surface area contributed by atoms with Crippen molar-refractivity contribution >= 4 is 23.1 Å². The van der Waals surface area contributed by atoms with Crippen LogP contribution in [0.25, 0.3) is 22.0 Å². The van der Waals surface area contributed by atoms with Crippen LogP contribution in [-0.2, 0) is 0 Å². The molecular weight excluding hydrogens is 402 g/mol. The summed E-state index contributed by atoms with van der Waals surface area (Å²) in [7, 11) is 0. The smallest absolute Gasteiger partial charge is 0.274 e. The van der Waals surface area contributed by atoms with E-state index in [-0.39, 0.29) is 5.91 Å². The average Bonchev–Trinajstić information content (AvgIpc) is 3.55. The van der Waals surface area contributed by atoms with Gasteiger partial charge in [-0.1, -0.05) is 11.2 Å². The number of aromatic nitrogens is 5. The minimum Gasteiger partial charge on any atom is -0.353 e. The van der Waals surface area contributed by atoms with Crippen LogP contribution in [0, 0.1) is 6.92 Å². The van der Waals surface area contributed by atoms with Crippen LogP contribution in [0.1, 0.15) is 16.4 Å². The average molecular weight is 421 g/mol. The van der Waals surface area contributed by atoms with E-state index in [4.69, 9.17) is 4.52 Å². The van der Waals surface area contributed by atoms with Gasteiger partial charge in [0.15, 0.2) is 5.69 Å². The molecule has 0 atom stereocenters. The fourth-order valence-corrected chi connectivity index (χ4v) is 4.10. The third-order valence-electron chi connectivity index (χ3n) is 5.01. The predicted molar refractivity (Wildman–Crippen MR) is 112 cm³/mol. The molecule has 152 valence electrons. The Morgan fingerprint density at radius 3 is 2.73 bits per heavy atom. The van der Waals surface area contributed by atoms with Gasteiger partial charge in [0.25, 0.3) is 5.91 Å². The molecular formula is C20H19N7O2S. The summed E-state index contributed by atoms with van der Waals surface area (Å²) in [5, 5.41) is 13.1. The van der Waals surface area contributed by atoms with Crippen molar-refractivity contribution in [3.63, 3.8) is 0 Å². The molecule has 10 heteroatoms. The van der Waals surface area contributed by atoms with Gasteiger partial charge < -0.3 is 14.3 Å². The second kappa shape index (κ2) is 7.71. The number of piperazine rings is 1. The molecule has 4 aromatic rings. The highest BCUT2D eigenvalue weighted by atomic mass is 32.1. The van der Waals surface area contributed by atoms with Gasteiger partial charge in [0, 0.05) is 44.9 Å². The van der Waals surface area contributed by atoms with Crippen molar-refractivity contribution in [3.05, 3.63) is 53.5 Å². The molecule has 4 aromatic heterocycles. The Balaban J connectivity index is 1.21. The van der Waals surface area contributed by atoms with Gasteiger partial charge in [0.05, 0.1) is 10.6 Å². The van der Waals surface area contributed by atoms with Crippen LogP contribution in [0.5, 0.6) is 0 Å². The Labute approximate surface area is 176 Å². The van der Waals surface area contributed by atoms with Crippen molar-refractivity contribution in [1.29, 1.82) is 0 Å². The van der Waals surface area contributed by atoms with Crippen LogP contribution >= 0.6 is 11.3 Å². The Bertz CT molecular complexity index is 1140. The summed E-state index contributed by atoms with van der Waals surface area (Å²) in [6, 6.07) is 9.68. The summed E-state index contributed by atoms with van der Waals surface area (Å²) >= 11 is 1.61. The van der Waals surface area contributed by atoms with Crippen molar-refractivity contribution in [2.75, 3.05) is 31.1 Å². The Morgan fingerprint density at radius 2 is 2.07 bits per heavy atom. The maximum absolute atomic E-state index is 12.8. The van der Waals surface area contributed by atoms with E-state index in [0.717, 1.165) is 22.0 Å². The van der Waals surface area contributed by atoms with Crippen molar-refractivity contribution < 1.29 is 9.32 Å². The molecule has 1 fully saturated rings. The molecule has 9 nitrogen and oxygen atoms in total. The molecule has 1 aliphatic heterocycles. The number of rotatable bonds is 4. The Kier molecular flexibility index (Phi) is 4.75. The van der Waals surface area contributed by atoms with Gasteiger partial charge in [0.2, 0.25) is 11.7 Å². The predicted octanol–water partition coefficient (Wildman–Crippen LogP) is 2.85. The number of pyridine rings is 1. The largest absolute Gasteiger partial charge is 0.353 e. The number of carbonyl (C=O) groups excluding carboxylic acids is 1. The number of hydrogen-bond acceptors (Lipinski definition) is 8. The number of hydrogen-bond donors (Lipinski definition) is 1. The van der Waals surface area contributed by atoms with E-state index in [1.807, 2.05) is 40.6 Å². The summed E-state index contributed by atoms with van der Waals surface area (Å²) in [5.41, 5.74) is 2.13. The summed E-state index contributed by atoms with van der Waals surface area (Å²) in [6.45, 7) is 4.41. The highest BCUT2D eigenvalue weighted by molar-refractivity contribution is 7.13. The molecule has 0 aliphatic carbocycles. The van der Waals surface area contributed by atoms with Gasteiger partial charge >= 0.3 is 0 Å². The number of thiophene rings is 1. The van der Waals surface area contributed by atoms with Crippen LogP contribution in [0.15, 0.2) is 46.4 Å². The van der Waals surface area contributed by atoms with E-state index >= 15 is 0 Å². The summed E-state index contributed by atoms with van der Waals surface area (Å²) in [6.07, 6.45) is 1.74. The first-order valence-electron chi connectivity index (χ1n) is 9.57. The molecule has 5 heterocycles. The zero-order valence-electron chi connectivity index (χ0n) is 16.3. The van der Waals surface area contributed by atoms with E-state index < -0.39 is 0 Å². The zero-order valence-corrected chi connectivity index (χ0v) is 17.1. The van der Waals surface area contributed by atoms with E-state index in [9.17, 15) is 4.79 Å². The maximum atomic E-state index is 12.8. The fraction of sp³-hybridized carbons (Fsp3) is 0.250. The quantitative estimate of drug-likeness (QED) is 0.540. The van der Waals surface area contributed by atoms with Crippen LogP contribution in [0.3, 0.4) is 0 Å². The van der Waals surface area contributed by atoms with Crippen molar-refractivity contribution in [3.8, 4) is 22.0 Å². The lowest BCUT2D eigenvalue weighted by Gasteiger charge is -2.35. The van der Waals surface area contributed by atoms with Crippen molar-refractivity contribution in [2.24, 2.45) is 0 Å². The second-order valence-electron chi connectivity index (χ2n) is 6.97. The van der Waals surface area contributed by atoms with E-state index in [1.165, 1.54) is 0 Å². The molecule has 1 aliphatic rings. The Morgan fingerprint density at radius 1 is 1.20 bits per heavy atom. The topological polar surface area (TPSA) is 104 Å². The number of nitrogens with zero attached hydrogens (tertiary/aromatic N) is 6. The van der Waals surface area contributed by atoms with Crippen molar-refractivity contribution in [2.45, 2.75) is 6.92 Å². The van der Waals surface area contributed by atoms with Gasteiger partial charge in [0.1, 0.15) is 5.82 Å². The van der Waals surface area contributed by atoms with Gasteiger partial charge in [-0.25, -0.2) is 4.98 Å². The minimum atomic E-state index is -0.0514. The maximum Gasteiger partial charge on any atom is 0.274 e. The molecule has 0 aromatic carbocycles. The summed E-state index contributed by atoms with van der Waals surface area (Å²) in [5.74, 6) is 1.87. The highest BCUT2D eigenvalue weighted by Crippen LogP contribution is 2.24. The minimum absolute atomic E-state index is 0.0514. The zero-order chi connectivity index (χ0) is 20.5. The Hall–Kier alpha value is -3.53. The molecule has 0 radical (unpaired) electrons. The lowest BCUT2D eigenvalue weighted by molar-refractivity contribution is 0.0740. The number of carbonyl (C=O) groups is 1. The number of amides is 1. The number of nitrogens with one attached hydrogen (secondary N) is 1. The molecule has 1 N–H and O–H groups in total. The first-order chi connectivity index (χ1) is 14.7. The van der Waals surface area contributed by atoms with Gasteiger partial charge in [-0.15, -0.1) is 11.3 Å². The number of aryl methyl sites for hydroxylation is 1. The van der Waals surface area contributed by atoms with Crippen LogP contribution in [-0.4, -0.2) is 62.3 Å². The lowest BCUT2D eigenvalue weighted by atomic mass is 10.2. The molecule has 1 amide bonds. The number of H-pyrrole nitrogens is 1. The van der Waals surface area contributed by atoms with Crippen molar-refractivity contribution in [1.82, 2.24) is 30.2 Å². The molecule has 0 spiro atoms. The monoisotopic (exact) mass is 421 g/mol. The van der Waals surface area contributed by atoms with Gasteiger partial charge in [-0.2, -0.15) is 10.1 Å². The summed E-state index contributed by atoms with van der Waals surface area (Å²) in [4.78, 5) is 26.6. The van der Waals surface area contributed by atoms with Gasteiger partial charge in [-0.3, -0.25) is 9.89 Å². The van der Waals surface area contributed by atoms with E-state index in [0.29, 0.717) is 43.6 Å². The third-order valence-corrected chi connectivity index (χ3v) is 5.91. The van der Waals surface area contributed by atoms with Gasteiger partial charge in [-0.05, 0) is 29.6 Å². The van der Waals surface area contributed by atoms with E-state index in [1.54, 1.807) is 24.5 Å². The normalized spacial score (nSPS) is 14.3. The highest BCUT2D eigenvalue weighted by Gasteiger charge is 2.25. The standard InChI is InChI=1S/C20H19N7O2S/c1-13-22-19(25-29-13)14-4-5-18(21-12-14)26-6-8-27(9-7-26)20(28)16-11-15(23-24-16)17-3-2-10-30-17/h2-5,10-12H,6-9H2,1H3,(H,23,24). The first kappa shape index (κ1) is 18.5. The SMILES string of the molecule is Cc1nc(-c2ccc(N3CCN(C(=O)c4cc(-c5cccs5)[nH]n4)CC3)nc2)no1. The molecule has 0 bridgehead atoms. The fourth-order valence-electron chi connectivity index (χ4n) is 3.41. The van der Waals surface area contributed by atoms with E-state index in [2.05, 4.69) is 30.2 Å². The molecule has 30 heavy (non-hydrogen) atoms. The molecule has 0 saturated carbocycles. The molecule has 1 saturated heterocycles.